The Bertz CT molecular complexity index is 946. The van der Waals surface area contributed by atoms with E-state index in [1.54, 1.807) is 0 Å². The molecule has 0 radical (unpaired) electrons. The summed E-state index contributed by atoms with van der Waals surface area (Å²) in [6.07, 6.45) is 0.762. The van der Waals surface area contributed by atoms with Gasteiger partial charge in [-0.25, -0.2) is 0 Å². The van der Waals surface area contributed by atoms with Crippen molar-refractivity contribution < 1.29 is 9.53 Å². The average Bonchev–Trinajstić information content (AvgIpc) is 3.37. The van der Waals surface area contributed by atoms with E-state index in [1.165, 1.54) is 0 Å². The van der Waals surface area contributed by atoms with Crippen molar-refractivity contribution in [2.24, 2.45) is 5.92 Å². The summed E-state index contributed by atoms with van der Waals surface area (Å²) in [4.78, 5) is 10.7. The first kappa shape index (κ1) is 30.1. The first-order chi connectivity index (χ1) is 16.0. The molecule has 4 N–H and O–H groups in total. The molecule has 1 aliphatic carbocycles. The molecule has 0 bridgehead atoms. The molecule has 3 rings (SSSR count). The second kappa shape index (κ2) is 13.8. The minimum absolute atomic E-state index is 0.0469. The summed E-state index contributed by atoms with van der Waals surface area (Å²) < 4.78 is 4.50. The third kappa shape index (κ3) is 8.09. The second-order valence-electron chi connectivity index (χ2n) is 7.68. The van der Waals surface area contributed by atoms with Gasteiger partial charge in [-0.2, -0.15) is 0 Å². The molecule has 188 valence electrons. The van der Waals surface area contributed by atoms with Crippen LogP contribution in [0, 0.1) is 12.8 Å². The number of nitrogens with two attached hydrogens (primary N) is 1. The van der Waals surface area contributed by atoms with Crippen molar-refractivity contribution in [3.8, 4) is 0 Å². The number of carbonyl (C=O) groups is 1. The maximum atomic E-state index is 10.7. The lowest BCUT2D eigenvalue weighted by Gasteiger charge is -2.18. The summed E-state index contributed by atoms with van der Waals surface area (Å²) in [5.74, 6) is -0.442. The number of nitrogen functional groups attached to an aromatic ring is 1. The Kier molecular flexibility index (Phi) is 12.3. The Morgan fingerprint density at radius 1 is 1.26 bits per heavy atom. The molecule has 3 atom stereocenters. The van der Waals surface area contributed by atoms with E-state index in [4.69, 9.17) is 45.3 Å². The quantitative estimate of drug-likeness (QED) is 0.189. The number of carbonyl (C=O) groups excluding carboxylic acids is 1. The fourth-order valence-electron chi connectivity index (χ4n) is 3.37. The molecule has 34 heavy (non-hydrogen) atoms. The Hall–Kier alpha value is -1.92. The number of aryl methyl sites for hydroxylation is 1. The Morgan fingerprint density at radius 3 is 2.41 bits per heavy atom. The molecule has 0 aliphatic heterocycles. The zero-order valence-corrected chi connectivity index (χ0v) is 23.0. The van der Waals surface area contributed by atoms with E-state index in [0.29, 0.717) is 17.3 Å². The third-order valence-corrected chi connectivity index (χ3v) is 6.50. The monoisotopic (exact) mass is 527 g/mol. The molecular weight excluding hydrogens is 493 g/mol. The number of anilines is 3. The summed E-state index contributed by atoms with van der Waals surface area (Å²) in [6, 6.07) is 11.3. The fraction of sp³-hybridized carbons (Fsp3) is 0.423. The van der Waals surface area contributed by atoms with Crippen LogP contribution < -0.4 is 16.4 Å². The molecule has 0 heterocycles. The molecule has 2 aromatic carbocycles. The van der Waals surface area contributed by atoms with Gasteiger partial charge in [0, 0.05) is 36.6 Å². The van der Waals surface area contributed by atoms with Crippen LogP contribution >= 0.6 is 34.8 Å². The molecule has 1 saturated carbocycles. The number of ether oxygens (including phenoxy) is 1. The lowest BCUT2D eigenvalue weighted by atomic mass is 10.1. The van der Waals surface area contributed by atoms with E-state index in [1.807, 2.05) is 78.1 Å². The second-order valence-corrected chi connectivity index (χ2v) is 9.54. The first-order valence-corrected chi connectivity index (χ1v) is 12.4. The van der Waals surface area contributed by atoms with Gasteiger partial charge in [-0.3, -0.25) is 0 Å². The number of benzene rings is 2. The molecule has 0 aromatic heterocycles. The van der Waals surface area contributed by atoms with Gasteiger partial charge in [-0.05, 0) is 62.2 Å². The van der Waals surface area contributed by atoms with E-state index in [2.05, 4.69) is 17.2 Å². The van der Waals surface area contributed by atoms with Crippen molar-refractivity contribution in [1.29, 1.82) is 0 Å². The highest BCUT2D eigenvalue weighted by Gasteiger charge is 2.64. The molecule has 0 spiro atoms. The van der Waals surface area contributed by atoms with E-state index >= 15 is 0 Å². The summed E-state index contributed by atoms with van der Waals surface area (Å²) in [6.45, 7) is 14.5. The predicted molar refractivity (Wildman–Crippen MR) is 149 cm³/mol. The van der Waals surface area contributed by atoms with E-state index in [9.17, 15) is 4.79 Å². The van der Waals surface area contributed by atoms with E-state index in [0.717, 1.165) is 34.5 Å². The Labute approximate surface area is 219 Å². The maximum absolute atomic E-state index is 10.7. The summed E-state index contributed by atoms with van der Waals surface area (Å²) in [5.41, 5.74) is 11.0. The van der Waals surface area contributed by atoms with Crippen molar-refractivity contribution in [2.75, 3.05) is 30.0 Å². The lowest BCUT2D eigenvalue weighted by Crippen LogP contribution is -2.16. The number of rotatable bonds is 8. The number of alkyl halides is 2. The van der Waals surface area contributed by atoms with Gasteiger partial charge in [0.1, 0.15) is 10.6 Å². The van der Waals surface area contributed by atoms with E-state index < -0.39 is 4.33 Å². The molecule has 3 unspecified atom stereocenters. The standard InChI is InChI=1S/C13H19ClN2O.C11H11Cl2NO.C2H6/c1-5-17-10(3)9(2)16-13-8-11(15-4)6-7-12(13)14;1-6-2-7(4-8(14)3-6)10-9(5-15)11(10,12)13;1-2/h6-8,10,15-16H,2,5H2,1,3-4H3;2-5,9-10H,14H2,1H3;1-2H3. The van der Waals surface area contributed by atoms with Crippen LogP contribution in [0.5, 0.6) is 0 Å². The molecule has 0 saturated heterocycles. The number of aldehydes is 1. The van der Waals surface area contributed by atoms with Gasteiger partial charge in [-0.15, -0.1) is 23.2 Å². The topological polar surface area (TPSA) is 76.4 Å². The number of halogens is 3. The van der Waals surface area contributed by atoms with Gasteiger partial charge in [0.2, 0.25) is 0 Å². The molecule has 8 heteroatoms. The molecule has 2 aromatic rings. The van der Waals surface area contributed by atoms with E-state index in [-0.39, 0.29) is 17.9 Å². The van der Waals surface area contributed by atoms with Crippen molar-refractivity contribution >= 4 is 58.2 Å². The normalized spacial score (nSPS) is 18.3. The zero-order chi connectivity index (χ0) is 26.1. The van der Waals surface area contributed by atoms with Crippen LogP contribution in [0.2, 0.25) is 5.02 Å². The zero-order valence-electron chi connectivity index (χ0n) is 20.7. The van der Waals surface area contributed by atoms with Crippen molar-refractivity contribution in [2.45, 2.75) is 51.0 Å². The molecule has 0 amide bonds. The minimum Gasteiger partial charge on any atom is -0.399 e. The summed E-state index contributed by atoms with van der Waals surface area (Å²) >= 11 is 18.1. The van der Waals surface area contributed by atoms with Crippen LogP contribution in [0.4, 0.5) is 17.1 Å². The molecular formula is C26H36Cl3N3O2. The maximum Gasteiger partial charge on any atom is 0.136 e. The lowest BCUT2D eigenvalue weighted by molar-refractivity contribution is -0.108. The van der Waals surface area contributed by atoms with Crippen molar-refractivity contribution in [3.63, 3.8) is 0 Å². The number of hydrogen-bond acceptors (Lipinski definition) is 5. The van der Waals surface area contributed by atoms with Gasteiger partial charge in [0.25, 0.3) is 0 Å². The van der Waals surface area contributed by atoms with Crippen molar-refractivity contribution in [3.05, 3.63) is 64.8 Å². The Balaban J connectivity index is 0.000000318. The molecule has 1 fully saturated rings. The number of hydrogen-bond donors (Lipinski definition) is 3. The van der Waals surface area contributed by atoms with Crippen LogP contribution in [0.1, 0.15) is 44.7 Å². The van der Waals surface area contributed by atoms with Crippen LogP contribution in [0.25, 0.3) is 0 Å². The SMILES string of the molecule is C=C(Nc1cc(NC)ccc1Cl)C(C)OCC.CC.Cc1cc(N)cc(C2C(C=O)C2(Cl)Cl)c1. The van der Waals surface area contributed by atoms with Gasteiger partial charge in [0.05, 0.1) is 22.7 Å². The fourth-order valence-corrected chi connectivity index (χ4v) is 4.29. The van der Waals surface area contributed by atoms with Gasteiger partial charge in [-0.1, -0.05) is 38.1 Å². The van der Waals surface area contributed by atoms with Crippen LogP contribution in [-0.2, 0) is 9.53 Å². The first-order valence-electron chi connectivity index (χ1n) is 11.3. The van der Waals surface area contributed by atoms with Crippen molar-refractivity contribution in [1.82, 2.24) is 0 Å². The van der Waals surface area contributed by atoms with Gasteiger partial charge >= 0.3 is 0 Å². The smallest absolute Gasteiger partial charge is 0.136 e. The van der Waals surface area contributed by atoms with Crippen LogP contribution in [0.15, 0.2) is 48.7 Å². The van der Waals surface area contributed by atoms with Gasteiger partial charge in [0.15, 0.2) is 0 Å². The van der Waals surface area contributed by atoms with Crippen LogP contribution in [-0.4, -0.2) is 30.4 Å². The number of nitrogens with one attached hydrogen (secondary N) is 2. The Morgan fingerprint density at radius 2 is 1.91 bits per heavy atom. The molecule has 1 aliphatic rings. The van der Waals surface area contributed by atoms with Gasteiger partial charge < -0.3 is 25.9 Å². The average molecular weight is 529 g/mol. The largest absolute Gasteiger partial charge is 0.399 e. The predicted octanol–water partition coefficient (Wildman–Crippen LogP) is 7.42. The highest BCUT2D eigenvalue weighted by Crippen LogP contribution is 2.64. The highest BCUT2D eigenvalue weighted by molar-refractivity contribution is 6.53. The molecule has 5 nitrogen and oxygen atoms in total. The summed E-state index contributed by atoms with van der Waals surface area (Å²) in [5, 5.41) is 6.90. The summed E-state index contributed by atoms with van der Waals surface area (Å²) in [7, 11) is 1.87. The third-order valence-electron chi connectivity index (χ3n) is 5.19. The van der Waals surface area contributed by atoms with Crippen LogP contribution in [0.3, 0.4) is 0 Å². The highest BCUT2D eigenvalue weighted by atomic mass is 35.5. The minimum atomic E-state index is -0.956.